The molecule has 0 fully saturated rings. The van der Waals surface area contributed by atoms with Gasteiger partial charge in [-0.25, -0.2) is 14.2 Å². The average molecular weight is 479 g/mol. The van der Waals surface area contributed by atoms with Crippen molar-refractivity contribution in [3.05, 3.63) is 78.0 Å². The van der Waals surface area contributed by atoms with E-state index in [1.54, 1.807) is 13.3 Å². The van der Waals surface area contributed by atoms with Crippen molar-refractivity contribution in [2.45, 2.75) is 6.92 Å². The normalized spacial score (nSPS) is 12.1. The van der Waals surface area contributed by atoms with Crippen LogP contribution in [0, 0.1) is 0 Å². The number of carbonyl (C=O) groups is 2. The van der Waals surface area contributed by atoms with Crippen LogP contribution in [0.15, 0.2) is 72.5 Å². The molecule has 0 bridgehead atoms. The molecule has 0 aliphatic rings. The van der Waals surface area contributed by atoms with E-state index in [9.17, 15) is 14.0 Å². The molecule has 0 spiro atoms. The van der Waals surface area contributed by atoms with Gasteiger partial charge in [0.25, 0.3) is 5.91 Å². The van der Waals surface area contributed by atoms with Gasteiger partial charge in [0.1, 0.15) is 17.2 Å². The molecule has 0 aliphatic heterocycles. The maximum atomic E-state index is 14.4. The van der Waals surface area contributed by atoms with Crippen molar-refractivity contribution in [1.82, 2.24) is 20.2 Å². The van der Waals surface area contributed by atoms with Crippen molar-refractivity contribution < 1.29 is 23.5 Å². The van der Waals surface area contributed by atoms with Crippen molar-refractivity contribution in [1.29, 1.82) is 0 Å². The summed E-state index contributed by atoms with van der Waals surface area (Å²) in [5.41, 5.74) is 3.01. The molecule has 3 rings (SSSR count). The zero-order valence-electron chi connectivity index (χ0n) is 20.2. The standard InChI is InChI=1S/C26H27FN4O4/c1-15(11-20(25(32)31(3)4)23(16(2)27)30-26(33)35-6)17-12-19-21(14-29-24(19)28-13-17)18-9-7-8-10-22(18)34-5/h7-14H,1H2,2-6H3,(H,28,29)(H,30,33)/b20-11+,23-16-. The molecule has 3 aromatic rings. The number of allylic oxidation sites excluding steroid dienone is 3. The predicted molar refractivity (Wildman–Crippen MR) is 133 cm³/mol. The van der Waals surface area contributed by atoms with Crippen molar-refractivity contribution in [3.63, 3.8) is 0 Å². The second kappa shape index (κ2) is 10.7. The van der Waals surface area contributed by atoms with Crippen molar-refractivity contribution in [3.8, 4) is 16.9 Å². The summed E-state index contributed by atoms with van der Waals surface area (Å²) in [5, 5.41) is 3.09. The number of alkyl carbamates (subject to hydrolysis) is 1. The minimum Gasteiger partial charge on any atom is -0.496 e. The summed E-state index contributed by atoms with van der Waals surface area (Å²) >= 11 is 0. The fourth-order valence-electron chi connectivity index (χ4n) is 3.50. The minimum absolute atomic E-state index is 0.0930. The molecule has 0 radical (unpaired) electrons. The second-order valence-electron chi connectivity index (χ2n) is 7.83. The van der Waals surface area contributed by atoms with Gasteiger partial charge >= 0.3 is 6.09 Å². The van der Waals surface area contributed by atoms with Crippen LogP contribution in [0.1, 0.15) is 12.5 Å². The Morgan fingerprint density at radius 1 is 1.20 bits per heavy atom. The van der Waals surface area contributed by atoms with Crippen LogP contribution in [0.3, 0.4) is 0 Å². The molecule has 2 amide bonds. The number of aromatic nitrogens is 2. The first kappa shape index (κ1) is 25.2. The fraction of sp³-hybridized carbons (Fsp3) is 0.192. The summed E-state index contributed by atoms with van der Waals surface area (Å²) in [5.74, 6) is -0.583. The molecule has 1 aromatic carbocycles. The van der Waals surface area contributed by atoms with Crippen LogP contribution in [-0.4, -0.2) is 55.2 Å². The summed E-state index contributed by atoms with van der Waals surface area (Å²) in [6.45, 7) is 5.20. The number of likely N-dealkylation sites (N-methyl/N-ethyl adjacent to an activating group) is 1. The van der Waals surface area contributed by atoms with Crippen LogP contribution in [0.25, 0.3) is 27.7 Å². The van der Waals surface area contributed by atoms with Crippen molar-refractivity contribution >= 4 is 28.6 Å². The molecule has 0 unspecified atom stereocenters. The molecule has 0 atom stereocenters. The lowest BCUT2D eigenvalue weighted by atomic mass is 10.00. The Balaban J connectivity index is 2.11. The summed E-state index contributed by atoms with van der Waals surface area (Å²) < 4.78 is 24.5. The summed E-state index contributed by atoms with van der Waals surface area (Å²) in [7, 11) is 5.80. The highest BCUT2D eigenvalue weighted by atomic mass is 19.1. The Morgan fingerprint density at radius 3 is 2.54 bits per heavy atom. The number of benzene rings is 1. The number of nitrogens with zero attached hydrogens (tertiary/aromatic N) is 2. The molecular formula is C26H27FN4O4. The average Bonchev–Trinajstić information content (AvgIpc) is 3.28. The Morgan fingerprint density at radius 2 is 1.91 bits per heavy atom. The molecule has 2 N–H and O–H groups in total. The minimum atomic E-state index is -0.906. The zero-order valence-corrected chi connectivity index (χ0v) is 20.2. The summed E-state index contributed by atoms with van der Waals surface area (Å²) in [4.78, 5) is 33.6. The van der Waals surface area contributed by atoms with Crippen LogP contribution in [0.2, 0.25) is 0 Å². The molecule has 0 saturated carbocycles. The Hall–Kier alpha value is -4.40. The maximum Gasteiger partial charge on any atom is 0.411 e. The first-order chi connectivity index (χ1) is 16.7. The van der Waals surface area contributed by atoms with Gasteiger partial charge in [-0.15, -0.1) is 0 Å². The van der Waals surface area contributed by atoms with Gasteiger partial charge in [-0.3, -0.25) is 10.1 Å². The van der Waals surface area contributed by atoms with Gasteiger partial charge < -0.3 is 19.4 Å². The molecule has 182 valence electrons. The molecule has 0 aliphatic carbocycles. The molecule has 9 heteroatoms. The van der Waals surface area contributed by atoms with E-state index in [1.165, 1.54) is 25.1 Å². The van der Waals surface area contributed by atoms with Gasteiger partial charge in [0, 0.05) is 48.6 Å². The number of hydrogen-bond acceptors (Lipinski definition) is 5. The van der Waals surface area contributed by atoms with E-state index in [1.807, 2.05) is 36.5 Å². The number of methoxy groups -OCH3 is 2. The number of fused-ring (bicyclic) bond motifs is 1. The quantitative estimate of drug-likeness (QED) is 0.375. The number of H-pyrrole nitrogens is 1. The first-order valence-corrected chi connectivity index (χ1v) is 10.6. The van der Waals surface area contributed by atoms with Gasteiger partial charge in [0.15, 0.2) is 0 Å². The maximum absolute atomic E-state index is 14.4. The van der Waals surface area contributed by atoms with E-state index < -0.39 is 17.8 Å². The number of amides is 2. The van der Waals surface area contributed by atoms with E-state index >= 15 is 0 Å². The highest BCUT2D eigenvalue weighted by molar-refractivity contribution is 6.02. The molecule has 8 nitrogen and oxygen atoms in total. The van der Waals surface area contributed by atoms with Crippen molar-refractivity contribution in [2.24, 2.45) is 0 Å². The van der Waals surface area contributed by atoms with E-state index in [-0.39, 0.29) is 11.3 Å². The van der Waals surface area contributed by atoms with Crippen LogP contribution >= 0.6 is 0 Å². The van der Waals surface area contributed by atoms with E-state index in [4.69, 9.17) is 4.74 Å². The molecule has 2 aromatic heterocycles. The number of para-hydroxylation sites is 1. The lowest BCUT2D eigenvalue weighted by Gasteiger charge is -2.18. The van der Waals surface area contributed by atoms with Gasteiger partial charge in [0.2, 0.25) is 0 Å². The van der Waals surface area contributed by atoms with E-state index in [0.717, 1.165) is 30.5 Å². The topological polar surface area (TPSA) is 96.5 Å². The highest BCUT2D eigenvalue weighted by Crippen LogP contribution is 2.35. The Kier molecular flexibility index (Phi) is 7.70. The van der Waals surface area contributed by atoms with Crippen LogP contribution in [0.5, 0.6) is 5.75 Å². The number of hydrogen-bond donors (Lipinski definition) is 2. The molecule has 0 saturated heterocycles. The Labute approximate surface area is 202 Å². The molecule has 2 heterocycles. The zero-order chi connectivity index (χ0) is 25.7. The fourth-order valence-corrected chi connectivity index (χ4v) is 3.50. The van der Waals surface area contributed by atoms with Crippen LogP contribution < -0.4 is 10.1 Å². The van der Waals surface area contributed by atoms with Gasteiger partial charge in [0.05, 0.1) is 25.5 Å². The predicted octanol–water partition coefficient (Wildman–Crippen LogP) is 4.82. The lowest BCUT2D eigenvalue weighted by molar-refractivity contribution is -0.124. The van der Waals surface area contributed by atoms with E-state index in [0.29, 0.717) is 22.5 Å². The summed E-state index contributed by atoms with van der Waals surface area (Å²) in [6, 6.07) is 9.48. The van der Waals surface area contributed by atoms with Gasteiger partial charge in [-0.2, -0.15) is 0 Å². The van der Waals surface area contributed by atoms with Crippen molar-refractivity contribution in [2.75, 3.05) is 28.3 Å². The number of aromatic amines is 1. The van der Waals surface area contributed by atoms with Crippen LogP contribution in [-0.2, 0) is 9.53 Å². The van der Waals surface area contributed by atoms with Gasteiger partial charge in [-0.05, 0) is 30.7 Å². The highest BCUT2D eigenvalue weighted by Gasteiger charge is 2.22. The third-order valence-electron chi connectivity index (χ3n) is 5.28. The third kappa shape index (κ3) is 5.40. The third-order valence-corrected chi connectivity index (χ3v) is 5.28. The monoisotopic (exact) mass is 478 g/mol. The SMILES string of the molecule is C=C(/C=C(C(=O)N(C)C)\C(NC(=O)OC)=C(/C)F)c1cnc2[nH]cc(-c3ccccc3OC)c2c1. The number of pyridine rings is 1. The molecule has 35 heavy (non-hydrogen) atoms. The summed E-state index contributed by atoms with van der Waals surface area (Å²) in [6.07, 6.45) is 3.94. The van der Waals surface area contributed by atoms with E-state index in [2.05, 4.69) is 26.6 Å². The smallest absolute Gasteiger partial charge is 0.411 e. The Bertz CT molecular complexity index is 1350. The lowest BCUT2D eigenvalue weighted by Crippen LogP contribution is -2.31. The number of halogens is 1. The largest absolute Gasteiger partial charge is 0.496 e. The molecular weight excluding hydrogens is 451 g/mol. The van der Waals surface area contributed by atoms with Crippen LogP contribution in [0.4, 0.5) is 9.18 Å². The first-order valence-electron chi connectivity index (χ1n) is 10.6. The number of rotatable bonds is 7. The number of nitrogens with one attached hydrogen (secondary N) is 2. The number of carbonyl (C=O) groups excluding carboxylic acids is 2. The number of ether oxygens (including phenoxy) is 2. The second-order valence-corrected chi connectivity index (χ2v) is 7.83. The van der Waals surface area contributed by atoms with Gasteiger partial charge in [-0.1, -0.05) is 24.8 Å².